The van der Waals surface area contributed by atoms with Gasteiger partial charge in [-0.2, -0.15) is 5.26 Å². The molecule has 3 aromatic carbocycles. The maximum atomic E-state index is 12.5. The normalized spacial score (nSPS) is 10.9. The number of nitro benzene ring substituents is 1. The lowest BCUT2D eigenvalue weighted by Gasteiger charge is -2.15. The van der Waals surface area contributed by atoms with E-state index in [1.165, 1.54) is 24.3 Å². The Hall–Kier alpha value is -4.16. The summed E-state index contributed by atoms with van der Waals surface area (Å²) in [6.45, 7) is 5.93. The summed E-state index contributed by atoms with van der Waals surface area (Å²) in [7, 11) is 0. The number of amides is 1. The van der Waals surface area contributed by atoms with Gasteiger partial charge >= 0.3 is 0 Å². The molecule has 0 saturated heterocycles. The Balaban J connectivity index is 1.81. The number of hydrogen-bond donors (Lipinski definition) is 1. The SMILES string of the molecule is CCOc1cc(/C=C(\C#N)c2ccc([N+](=O)[O-])cc2)cc(Br)c1OCC(=O)Nc1ccc(C)c(C)c1. The minimum absolute atomic E-state index is 0.0551. The highest BCUT2D eigenvalue weighted by molar-refractivity contribution is 9.10. The molecule has 0 aliphatic heterocycles. The first-order valence-corrected chi connectivity index (χ1v) is 11.8. The van der Waals surface area contributed by atoms with Crippen LogP contribution in [0.2, 0.25) is 0 Å². The van der Waals surface area contributed by atoms with Crippen LogP contribution in [0.25, 0.3) is 11.6 Å². The molecule has 0 aromatic heterocycles. The Morgan fingerprint density at radius 2 is 1.83 bits per heavy atom. The van der Waals surface area contributed by atoms with Gasteiger partial charge in [-0.05, 0) is 101 Å². The maximum absolute atomic E-state index is 12.5. The van der Waals surface area contributed by atoms with Gasteiger partial charge < -0.3 is 14.8 Å². The fourth-order valence-corrected chi connectivity index (χ4v) is 3.91. The topological polar surface area (TPSA) is 114 Å². The van der Waals surface area contributed by atoms with Crippen LogP contribution >= 0.6 is 15.9 Å². The van der Waals surface area contributed by atoms with Crippen LogP contribution in [0.15, 0.2) is 59.1 Å². The standard InChI is InChI=1S/C27H24BrN3O5/c1-4-35-25-14-19(12-21(15-29)20-6-9-23(10-7-20)31(33)34)13-24(28)27(25)36-16-26(32)30-22-8-5-17(2)18(3)11-22/h5-14H,4,16H2,1-3H3,(H,30,32)/b21-12+. The van der Waals surface area contributed by atoms with Gasteiger partial charge in [-0.3, -0.25) is 14.9 Å². The van der Waals surface area contributed by atoms with Gasteiger partial charge in [0.15, 0.2) is 18.1 Å². The van der Waals surface area contributed by atoms with Gasteiger partial charge in [0.2, 0.25) is 0 Å². The van der Waals surface area contributed by atoms with Crippen molar-refractivity contribution in [3.05, 3.63) is 91.4 Å². The molecule has 0 fully saturated rings. The van der Waals surface area contributed by atoms with Crippen molar-refractivity contribution in [2.45, 2.75) is 20.8 Å². The molecule has 0 bridgehead atoms. The summed E-state index contributed by atoms with van der Waals surface area (Å²) in [4.78, 5) is 22.9. The number of nitro groups is 1. The third-order valence-electron chi connectivity index (χ3n) is 5.29. The smallest absolute Gasteiger partial charge is 0.269 e. The van der Waals surface area contributed by atoms with Crippen molar-refractivity contribution in [3.63, 3.8) is 0 Å². The third-order valence-corrected chi connectivity index (χ3v) is 5.88. The highest BCUT2D eigenvalue weighted by Crippen LogP contribution is 2.38. The summed E-state index contributed by atoms with van der Waals surface area (Å²) in [5, 5.41) is 23.4. The molecule has 36 heavy (non-hydrogen) atoms. The lowest BCUT2D eigenvalue weighted by Crippen LogP contribution is -2.20. The average Bonchev–Trinajstić information content (AvgIpc) is 2.84. The number of benzene rings is 3. The van der Waals surface area contributed by atoms with E-state index in [0.29, 0.717) is 45.0 Å². The van der Waals surface area contributed by atoms with E-state index in [9.17, 15) is 20.2 Å². The van der Waals surface area contributed by atoms with Crippen LogP contribution in [0.5, 0.6) is 11.5 Å². The second-order valence-electron chi connectivity index (χ2n) is 7.87. The van der Waals surface area contributed by atoms with Gasteiger partial charge in [-0.15, -0.1) is 0 Å². The first kappa shape index (κ1) is 26.4. The van der Waals surface area contributed by atoms with Crippen LogP contribution < -0.4 is 14.8 Å². The van der Waals surface area contributed by atoms with Crippen molar-refractivity contribution in [2.24, 2.45) is 0 Å². The number of non-ortho nitro benzene ring substituents is 1. The summed E-state index contributed by atoms with van der Waals surface area (Å²) >= 11 is 3.47. The van der Waals surface area contributed by atoms with Gasteiger partial charge in [0.05, 0.1) is 27.6 Å². The van der Waals surface area contributed by atoms with E-state index >= 15 is 0 Å². The van der Waals surface area contributed by atoms with Crippen LogP contribution in [0.4, 0.5) is 11.4 Å². The number of nitrogens with zero attached hydrogens (tertiary/aromatic N) is 2. The summed E-state index contributed by atoms with van der Waals surface area (Å²) in [6.07, 6.45) is 1.64. The summed E-state index contributed by atoms with van der Waals surface area (Å²) in [5.41, 5.74) is 4.35. The van der Waals surface area contributed by atoms with Gasteiger partial charge in [-0.25, -0.2) is 0 Å². The van der Waals surface area contributed by atoms with Gasteiger partial charge in [-0.1, -0.05) is 6.07 Å². The van der Waals surface area contributed by atoms with E-state index in [2.05, 4.69) is 27.3 Å². The molecule has 0 saturated carbocycles. The molecule has 3 aromatic rings. The first-order chi connectivity index (χ1) is 17.2. The molecular weight excluding hydrogens is 526 g/mol. The number of rotatable bonds is 9. The Labute approximate surface area is 217 Å². The number of ether oxygens (including phenoxy) is 2. The maximum Gasteiger partial charge on any atom is 0.269 e. The number of nitriles is 1. The van der Waals surface area contributed by atoms with Gasteiger partial charge in [0.25, 0.3) is 11.6 Å². The lowest BCUT2D eigenvalue weighted by atomic mass is 10.0. The van der Waals surface area contributed by atoms with Crippen LogP contribution in [0, 0.1) is 35.3 Å². The third kappa shape index (κ3) is 6.71. The number of hydrogen-bond acceptors (Lipinski definition) is 6. The fraction of sp³-hybridized carbons (Fsp3) is 0.185. The van der Waals surface area contributed by atoms with Crippen molar-refractivity contribution in [1.82, 2.24) is 0 Å². The molecule has 8 nitrogen and oxygen atoms in total. The number of anilines is 1. The number of halogens is 1. The minimum atomic E-state index is -0.494. The van der Waals surface area contributed by atoms with E-state index in [1.54, 1.807) is 18.2 Å². The van der Waals surface area contributed by atoms with Crippen molar-refractivity contribution < 1.29 is 19.2 Å². The van der Waals surface area contributed by atoms with Crippen molar-refractivity contribution in [1.29, 1.82) is 5.26 Å². The Morgan fingerprint density at radius 3 is 2.44 bits per heavy atom. The molecule has 3 rings (SSSR count). The van der Waals surface area contributed by atoms with Crippen LogP contribution in [-0.2, 0) is 4.79 Å². The van der Waals surface area contributed by atoms with Crippen molar-refractivity contribution in [3.8, 4) is 17.6 Å². The van der Waals surface area contributed by atoms with E-state index < -0.39 is 4.92 Å². The van der Waals surface area contributed by atoms with Gasteiger partial charge in [0, 0.05) is 17.8 Å². The van der Waals surface area contributed by atoms with E-state index in [1.807, 2.05) is 39.0 Å². The summed E-state index contributed by atoms with van der Waals surface area (Å²) in [6, 6.07) is 17.0. The molecular formula is C27H24BrN3O5. The minimum Gasteiger partial charge on any atom is -0.490 e. The second kappa shape index (κ2) is 12.0. The van der Waals surface area contributed by atoms with Crippen molar-refractivity contribution in [2.75, 3.05) is 18.5 Å². The number of carbonyl (C=O) groups excluding carboxylic acids is 1. The molecule has 0 radical (unpaired) electrons. The van der Waals surface area contributed by atoms with Crippen molar-refractivity contribution >= 4 is 44.9 Å². The summed E-state index contributed by atoms with van der Waals surface area (Å²) in [5.74, 6) is 0.442. The van der Waals surface area contributed by atoms with E-state index in [4.69, 9.17) is 9.47 Å². The molecule has 1 N–H and O–H groups in total. The zero-order valence-corrected chi connectivity index (χ0v) is 21.6. The number of nitrogens with one attached hydrogen (secondary N) is 1. The van der Waals surface area contributed by atoms with Crippen LogP contribution in [0.1, 0.15) is 29.2 Å². The molecule has 0 spiro atoms. The molecule has 1 amide bonds. The Kier molecular flexibility index (Phi) is 8.81. The number of allylic oxidation sites excluding steroid dienone is 1. The lowest BCUT2D eigenvalue weighted by molar-refractivity contribution is -0.384. The monoisotopic (exact) mass is 549 g/mol. The molecule has 0 heterocycles. The number of aryl methyl sites for hydroxylation is 2. The molecule has 0 atom stereocenters. The quantitative estimate of drug-likeness (QED) is 0.142. The fourth-order valence-electron chi connectivity index (χ4n) is 3.34. The highest BCUT2D eigenvalue weighted by atomic mass is 79.9. The molecule has 9 heteroatoms. The van der Waals surface area contributed by atoms with Gasteiger partial charge in [0.1, 0.15) is 0 Å². The van der Waals surface area contributed by atoms with Crippen LogP contribution in [0.3, 0.4) is 0 Å². The zero-order chi connectivity index (χ0) is 26.2. The Bertz CT molecular complexity index is 1360. The predicted octanol–water partition coefficient (Wildman–Crippen LogP) is 6.45. The molecule has 0 aliphatic rings. The molecule has 184 valence electrons. The number of carbonyl (C=O) groups is 1. The zero-order valence-electron chi connectivity index (χ0n) is 20.0. The van der Waals surface area contributed by atoms with E-state index in [-0.39, 0.29) is 18.2 Å². The van der Waals surface area contributed by atoms with E-state index in [0.717, 1.165) is 11.1 Å². The summed E-state index contributed by atoms with van der Waals surface area (Å²) < 4.78 is 12.1. The predicted molar refractivity (Wildman–Crippen MR) is 142 cm³/mol. The average molecular weight is 550 g/mol. The first-order valence-electron chi connectivity index (χ1n) is 11.0. The second-order valence-corrected chi connectivity index (χ2v) is 8.73. The highest BCUT2D eigenvalue weighted by Gasteiger charge is 2.15. The largest absolute Gasteiger partial charge is 0.490 e. The molecule has 0 aliphatic carbocycles. The van der Waals surface area contributed by atoms with Crippen LogP contribution in [-0.4, -0.2) is 24.0 Å². The molecule has 0 unspecified atom stereocenters. The Morgan fingerprint density at radius 1 is 1.11 bits per heavy atom.